The van der Waals surface area contributed by atoms with Crippen molar-refractivity contribution in [2.24, 2.45) is 0 Å². The lowest BCUT2D eigenvalue weighted by atomic mass is 9.79. The van der Waals surface area contributed by atoms with Gasteiger partial charge in [-0.3, -0.25) is 4.21 Å². The predicted molar refractivity (Wildman–Crippen MR) is 98.5 cm³/mol. The Morgan fingerprint density at radius 1 is 1.21 bits per heavy atom. The monoisotopic (exact) mass is 343 g/mol. The highest BCUT2D eigenvalue weighted by Gasteiger charge is 2.34. The molecule has 0 radical (unpaired) electrons. The van der Waals surface area contributed by atoms with Crippen molar-refractivity contribution in [1.82, 2.24) is 5.32 Å². The van der Waals surface area contributed by atoms with Gasteiger partial charge in [0.1, 0.15) is 5.60 Å². The van der Waals surface area contributed by atoms with E-state index in [1.165, 1.54) is 5.56 Å². The maximum atomic E-state index is 11.5. The van der Waals surface area contributed by atoms with E-state index in [1.807, 2.05) is 42.5 Å². The standard InChI is InChI=1S/C20H25NO2S/c1-15(16-9-11-18(12-10-16)24(2)23)21-14-20(22)13-5-7-17-6-3-4-8-19(17)20/h3-4,6,8-12,15,21-22H,5,7,13-14H2,1-2H3/t15-,20+,24-/m0/s1. The van der Waals surface area contributed by atoms with Crippen LogP contribution in [0.15, 0.2) is 53.4 Å². The molecule has 0 amide bonds. The molecule has 0 unspecified atom stereocenters. The van der Waals surface area contributed by atoms with E-state index in [1.54, 1.807) is 6.26 Å². The molecule has 1 aliphatic carbocycles. The van der Waals surface area contributed by atoms with Gasteiger partial charge in [-0.2, -0.15) is 0 Å². The van der Waals surface area contributed by atoms with Gasteiger partial charge in [-0.25, -0.2) is 0 Å². The molecule has 0 saturated carbocycles. The molecular weight excluding hydrogens is 318 g/mol. The summed E-state index contributed by atoms with van der Waals surface area (Å²) in [5, 5.41) is 14.6. The van der Waals surface area contributed by atoms with Crippen LogP contribution in [0, 0.1) is 0 Å². The molecular formula is C20H25NO2S. The molecule has 0 spiro atoms. The number of benzene rings is 2. The van der Waals surface area contributed by atoms with Gasteiger partial charge in [0, 0.05) is 34.5 Å². The van der Waals surface area contributed by atoms with Crippen molar-refractivity contribution in [1.29, 1.82) is 0 Å². The first kappa shape index (κ1) is 17.3. The van der Waals surface area contributed by atoms with Crippen LogP contribution >= 0.6 is 0 Å². The van der Waals surface area contributed by atoms with Gasteiger partial charge in [0.25, 0.3) is 0 Å². The second-order valence-electron chi connectivity index (χ2n) is 6.67. The number of aryl methyl sites for hydroxylation is 1. The summed E-state index contributed by atoms with van der Waals surface area (Å²) in [6.07, 6.45) is 4.54. The molecule has 4 heteroatoms. The zero-order valence-corrected chi connectivity index (χ0v) is 15.1. The molecule has 0 aliphatic heterocycles. The minimum Gasteiger partial charge on any atom is -0.384 e. The quantitative estimate of drug-likeness (QED) is 0.876. The maximum Gasteiger partial charge on any atom is 0.102 e. The van der Waals surface area contributed by atoms with Gasteiger partial charge in [0.15, 0.2) is 0 Å². The molecule has 128 valence electrons. The van der Waals surface area contributed by atoms with Crippen LogP contribution in [0.2, 0.25) is 0 Å². The molecule has 0 heterocycles. The van der Waals surface area contributed by atoms with Crippen LogP contribution in [0.5, 0.6) is 0 Å². The number of aliphatic hydroxyl groups is 1. The molecule has 0 fully saturated rings. The first-order valence-corrected chi connectivity index (χ1v) is 10.0. The number of hydrogen-bond acceptors (Lipinski definition) is 3. The van der Waals surface area contributed by atoms with Gasteiger partial charge >= 0.3 is 0 Å². The number of fused-ring (bicyclic) bond motifs is 1. The minimum atomic E-state index is -0.950. The summed E-state index contributed by atoms with van der Waals surface area (Å²) in [7, 11) is -0.950. The van der Waals surface area contributed by atoms with Crippen LogP contribution < -0.4 is 5.32 Å². The largest absolute Gasteiger partial charge is 0.384 e. The molecule has 0 aromatic heterocycles. The fourth-order valence-electron chi connectivity index (χ4n) is 3.47. The van der Waals surface area contributed by atoms with E-state index in [2.05, 4.69) is 18.3 Å². The Balaban J connectivity index is 1.70. The Bertz CT molecular complexity index is 729. The number of rotatable bonds is 5. The smallest absolute Gasteiger partial charge is 0.102 e. The van der Waals surface area contributed by atoms with Crippen LogP contribution in [-0.4, -0.2) is 22.1 Å². The Hall–Kier alpha value is -1.49. The summed E-state index contributed by atoms with van der Waals surface area (Å²) in [5.74, 6) is 0. The van der Waals surface area contributed by atoms with E-state index in [0.717, 1.165) is 35.3 Å². The summed E-state index contributed by atoms with van der Waals surface area (Å²) in [6.45, 7) is 2.63. The van der Waals surface area contributed by atoms with Gasteiger partial charge in [0.2, 0.25) is 0 Å². The molecule has 0 saturated heterocycles. The molecule has 1 aliphatic rings. The van der Waals surface area contributed by atoms with Crippen LogP contribution in [0.3, 0.4) is 0 Å². The average molecular weight is 343 g/mol. The van der Waals surface area contributed by atoms with Crippen molar-refractivity contribution in [3.63, 3.8) is 0 Å². The summed E-state index contributed by atoms with van der Waals surface area (Å²) in [6, 6.07) is 16.2. The van der Waals surface area contributed by atoms with Crippen LogP contribution in [0.4, 0.5) is 0 Å². The molecule has 3 nitrogen and oxygen atoms in total. The molecule has 2 aromatic rings. The molecule has 24 heavy (non-hydrogen) atoms. The van der Waals surface area contributed by atoms with Gasteiger partial charge < -0.3 is 10.4 Å². The van der Waals surface area contributed by atoms with Crippen LogP contribution in [-0.2, 0) is 22.8 Å². The average Bonchev–Trinajstić information content (AvgIpc) is 2.60. The zero-order chi connectivity index (χ0) is 17.2. The maximum absolute atomic E-state index is 11.5. The lowest BCUT2D eigenvalue weighted by Gasteiger charge is -2.35. The lowest BCUT2D eigenvalue weighted by Crippen LogP contribution is -2.41. The van der Waals surface area contributed by atoms with Crippen molar-refractivity contribution in [3.05, 3.63) is 65.2 Å². The minimum absolute atomic E-state index is 0.127. The van der Waals surface area contributed by atoms with Crippen molar-refractivity contribution in [2.45, 2.75) is 42.7 Å². The van der Waals surface area contributed by atoms with Crippen molar-refractivity contribution >= 4 is 10.8 Å². The van der Waals surface area contributed by atoms with E-state index >= 15 is 0 Å². The van der Waals surface area contributed by atoms with Crippen molar-refractivity contribution in [2.75, 3.05) is 12.8 Å². The summed E-state index contributed by atoms with van der Waals surface area (Å²) < 4.78 is 11.5. The second kappa shape index (κ2) is 7.18. The van der Waals surface area contributed by atoms with E-state index in [4.69, 9.17) is 0 Å². The highest BCUT2D eigenvalue weighted by atomic mass is 32.2. The first-order chi connectivity index (χ1) is 11.5. The van der Waals surface area contributed by atoms with Gasteiger partial charge in [-0.15, -0.1) is 0 Å². The van der Waals surface area contributed by atoms with Crippen LogP contribution in [0.25, 0.3) is 0 Å². The first-order valence-electron chi connectivity index (χ1n) is 8.47. The van der Waals surface area contributed by atoms with Crippen molar-refractivity contribution < 1.29 is 9.32 Å². The van der Waals surface area contributed by atoms with Crippen molar-refractivity contribution in [3.8, 4) is 0 Å². The molecule has 3 rings (SSSR count). The Labute approximate surface area is 146 Å². The Morgan fingerprint density at radius 2 is 1.92 bits per heavy atom. The third-order valence-corrected chi connectivity index (χ3v) is 5.90. The molecule has 2 aromatic carbocycles. The zero-order valence-electron chi connectivity index (χ0n) is 14.3. The molecule has 3 atom stereocenters. The highest BCUT2D eigenvalue weighted by Crippen LogP contribution is 2.35. The summed E-state index contributed by atoms with van der Waals surface area (Å²) in [4.78, 5) is 0.839. The normalized spacial score (nSPS) is 22.6. The third-order valence-electron chi connectivity index (χ3n) is 4.97. The molecule has 0 bridgehead atoms. The predicted octanol–water partition coefficient (Wildman–Crippen LogP) is 3.30. The SMILES string of the molecule is C[C@H](NC[C@]1(O)CCCc2ccccc21)c1ccc([S@](C)=O)cc1. The third kappa shape index (κ3) is 3.61. The van der Waals surface area contributed by atoms with Gasteiger partial charge in [-0.05, 0) is 55.0 Å². The number of nitrogens with one attached hydrogen (secondary N) is 1. The summed E-state index contributed by atoms with van der Waals surface area (Å²) in [5.41, 5.74) is 2.66. The fraction of sp³-hybridized carbons (Fsp3) is 0.400. The van der Waals surface area contributed by atoms with E-state index < -0.39 is 16.4 Å². The Kier molecular flexibility index (Phi) is 5.18. The van der Waals surface area contributed by atoms with E-state index in [9.17, 15) is 9.32 Å². The van der Waals surface area contributed by atoms with E-state index in [0.29, 0.717) is 6.54 Å². The fourth-order valence-corrected chi connectivity index (χ4v) is 3.99. The topological polar surface area (TPSA) is 49.3 Å². The van der Waals surface area contributed by atoms with Crippen LogP contribution in [0.1, 0.15) is 42.5 Å². The van der Waals surface area contributed by atoms with E-state index in [-0.39, 0.29) is 6.04 Å². The van der Waals surface area contributed by atoms with Gasteiger partial charge in [0.05, 0.1) is 0 Å². The Morgan fingerprint density at radius 3 is 2.62 bits per heavy atom. The lowest BCUT2D eigenvalue weighted by molar-refractivity contribution is 0.0170. The van der Waals surface area contributed by atoms with Gasteiger partial charge in [-0.1, -0.05) is 36.4 Å². The summed E-state index contributed by atoms with van der Waals surface area (Å²) >= 11 is 0. The highest BCUT2D eigenvalue weighted by molar-refractivity contribution is 7.84. The molecule has 2 N–H and O–H groups in total. The number of hydrogen-bond donors (Lipinski definition) is 2. The second-order valence-corrected chi connectivity index (χ2v) is 8.05.